The molecule has 0 spiro atoms. The zero-order chi connectivity index (χ0) is 18.2. The van der Waals surface area contributed by atoms with Gasteiger partial charge in [-0.25, -0.2) is 9.55 Å². The maximum absolute atomic E-state index is 5.48. The average Bonchev–Trinajstić information content (AvgIpc) is 3.26. The van der Waals surface area contributed by atoms with E-state index >= 15 is 0 Å². The minimum Gasteiger partial charge on any atom is -0.379 e. The molecule has 0 saturated carbocycles. The van der Waals surface area contributed by atoms with Crippen molar-refractivity contribution in [2.45, 2.75) is 13.5 Å². The molecule has 2 aromatic heterocycles. The smallest absolute Gasteiger partial charge is 0.368 e. The van der Waals surface area contributed by atoms with E-state index in [1.165, 1.54) is 22.2 Å². The van der Waals surface area contributed by atoms with Crippen LogP contribution in [0.15, 0.2) is 54.7 Å². The van der Waals surface area contributed by atoms with E-state index in [1.54, 1.807) is 0 Å². The Morgan fingerprint density at radius 3 is 2.63 bits per heavy atom. The summed E-state index contributed by atoms with van der Waals surface area (Å²) in [5, 5.41) is 0. The molecule has 5 rings (SSSR count). The predicted molar refractivity (Wildman–Crippen MR) is 107 cm³/mol. The van der Waals surface area contributed by atoms with Gasteiger partial charge in [-0.2, -0.15) is 4.40 Å². The number of ether oxygens (including phenoxy) is 1. The Kier molecular flexibility index (Phi) is 4.19. The SMILES string of the molecule is Cc1ccc(-c2cn3c4ccccc4[n+](CCN4CCOCC4)c3[nH]2)cc1. The Labute approximate surface area is 158 Å². The number of aromatic amines is 1. The van der Waals surface area contributed by atoms with E-state index in [2.05, 4.69) is 80.5 Å². The van der Waals surface area contributed by atoms with Crippen LogP contribution in [0.4, 0.5) is 0 Å². The Hall–Kier alpha value is -2.63. The van der Waals surface area contributed by atoms with Gasteiger partial charge in [0, 0.05) is 25.2 Å². The highest BCUT2D eigenvalue weighted by atomic mass is 16.5. The van der Waals surface area contributed by atoms with Crippen LogP contribution in [0.5, 0.6) is 0 Å². The van der Waals surface area contributed by atoms with Gasteiger partial charge >= 0.3 is 5.78 Å². The van der Waals surface area contributed by atoms with Crippen LogP contribution in [0.1, 0.15) is 5.56 Å². The lowest BCUT2D eigenvalue weighted by atomic mass is 10.1. The number of nitrogens with zero attached hydrogens (tertiary/aromatic N) is 3. The van der Waals surface area contributed by atoms with Crippen molar-refractivity contribution in [1.82, 2.24) is 14.3 Å². The molecule has 2 aromatic carbocycles. The number of rotatable bonds is 4. The van der Waals surface area contributed by atoms with Crippen LogP contribution < -0.4 is 4.57 Å². The fraction of sp³-hybridized carbons (Fsp3) is 0.318. The summed E-state index contributed by atoms with van der Waals surface area (Å²) in [5.74, 6) is 1.14. The standard InChI is InChI=1S/C22H24N4O/c1-17-6-8-18(9-7-17)19-16-26-21-5-3-2-4-20(21)25(22(26)23-19)11-10-24-12-14-27-15-13-24/h2-9,16H,10-15H2,1H3/p+1. The molecule has 4 aromatic rings. The van der Waals surface area contributed by atoms with Crippen LogP contribution in [0.3, 0.4) is 0 Å². The second kappa shape index (κ2) is 6.83. The fourth-order valence-corrected chi connectivity index (χ4v) is 3.97. The van der Waals surface area contributed by atoms with E-state index in [4.69, 9.17) is 4.74 Å². The quantitative estimate of drug-likeness (QED) is 0.567. The van der Waals surface area contributed by atoms with Gasteiger partial charge in [0.1, 0.15) is 22.9 Å². The van der Waals surface area contributed by atoms with Gasteiger partial charge in [0.05, 0.1) is 19.8 Å². The van der Waals surface area contributed by atoms with Gasteiger partial charge in [0.25, 0.3) is 0 Å². The molecule has 0 bridgehead atoms. The minimum absolute atomic E-state index is 0.844. The van der Waals surface area contributed by atoms with E-state index in [0.29, 0.717) is 0 Å². The van der Waals surface area contributed by atoms with Crippen molar-refractivity contribution < 1.29 is 9.30 Å². The molecule has 1 aliphatic rings. The Morgan fingerprint density at radius 2 is 1.81 bits per heavy atom. The number of morpholine rings is 1. The Balaban J connectivity index is 1.55. The molecule has 27 heavy (non-hydrogen) atoms. The first-order chi connectivity index (χ1) is 13.3. The highest BCUT2D eigenvalue weighted by Crippen LogP contribution is 2.22. The summed E-state index contributed by atoms with van der Waals surface area (Å²) in [4.78, 5) is 6.14. The molecule has 5 nitrogen and oxygen atoms in total. The number of nitrogens with one attached hydrogen (secondary N) is 1. The lowest BCUT2D eigenvalue weighted by Gasteiger charge is -2.25. The van der Waals surface area contributed by atoms with E-state index < -0.39 is 0 Å². The number of fused-ring (bicyclic) bond motifs is 3. The summed E-state index contributed by atoms with van der Waals surface area (Å²) >= 11 is 0. The van der Waals surface area contributed by atoms with Crippen molar-refractivity contribution in [3.8, 4) is 11.3 Å². The molecular formula is C22H25N4O+. The van der Waals surface area contributed by atoms with Crippen molar-refractivity contribution in [1.29, 1.82) is 0 Å². The van der Waals surface area contributed by atoms with Crippen molar-refractivity contribution in [3.63, 3.8) is 0 Å². The largest absolute Gasteiger partial charge is 0.379 e. The molecule has 1 fully saturated rings. The van der Waals surface area contributed by atoms with Gasteiger partial charge in [-0.3, -0.25) is 4.90 Å². The number of H-pyrrole nitrogens is 1. The van der Waals surface area contributed by atoms with E-state index in [9.17, 15) is 0 Å². The molecule has 0 radical (unpaired) electrons. The molecule has 0 atom stereocenters. The third-order valence-electron chi connectivity index (χ3n) is 5.53. The Bertz CT molecular complexity index is 1070. The van der Waals surface area contributed by atoms with Crippen LogP contribution in [0.25, 0.3) is 28.1 Å². The zero-order valence-corrected chi connectivity index (χ0v) is 15.7. The number of aryl methyl sites for hydroxylation is 1. The molecule has 1 N–H and O–H groups in total. The number of para-hydroxylation sites is 2. The molecule has 138 valence electrons. The molecule has 0 unspecified atom stereocenters. The number of aromatic nitrogens is 3. The van der Waals surface area contributed by atoms with Crippen molar-refractivity contribution in [2.75, 3.05) is 32.8 Å². The highest BCUT2D eigenvalue weighted by molar-refractivity contribution is 5.76. The second-order valence-corrected chi connectivity index (χ2v) is 7.32. The normalized spacial score (nSPS) is 15.7. The molecule has 5 heteroatoms. The predicted octanol–water partition coefficient (Wildman–Crippen LogP) is 3.02. The van der Waals surface area contributed by atoms with Gasteiger partial charge in [0.15, 0.2) is 0 Å². The summed E-state index contributed by atoms with van der Waals surface area (Å²) in [6, 6.07) is 17.3. The lowest BCUT2D eigenvalue weighted by Crippen LogP contribution is -2.44. The molecule has 1 aliphatic heterocycles. The van der Waals surface area contributed by atoms with E-state index in [1.807, 2.05) is 0 Å². The topological polar surface area (TPSA) is 36.5 Å². The van der Waals surface area contributed by atoms with Crippen molar-refractivity contribution in [2.24, 2.45) is 0 Å². The second-order valence-electron chi connectivity index (χ2n) is 7.32. The zero-order valence-electron chi connectivity index (χ0n) is 15.7. The van der Waals surface area contributed by atoms with Gasteiger partial charge in [-0.1, -0.05) is 42.0 Å². The van der Waals surface area contributed by atoms with Gasteiger partial charge in [-0.15, -0.1) is 0 Å². The summed E-state index contributed by atoms with van der Waals surface area (Å²) in [5.41, 5.74) is 6.16. The minimum atomic E-state index is 0.844. The fourth-order valence-electron chi connectivity index (χ4n) is 3.97. The van der Waals surface area contributed by atoms with Gasteiger partial charge in [0.2, 0.25) is 0 Å². The lowest BCUT2D eigenvalue weighted by molar-refractivity contribution is -0.647. The maximum Gasteiger partial charge on any atom is 0.368 e. The van der Waals surface area contributed by atoms with Crippen LogP contribution in [-0.2, 0) is 11.3 Å². The first-order valence-corrected chi connectivity index (χ1v) is 9.68. The first kappa shape index (κ1) is 16.5. The molecular weight excluding hydrogens is 336 g/mol. The van der Waals surface area contributed by atoms with Crippen molar-refractivity contribution >= 4 is 16.8 Å². The van der Waals surface area contributed by atoms with Gasteiger partial charge in [-0.05, 0) is 19.1 Å². The number of hydrogen-bond acceptors (Lipinski definition) is 2. The number of imidazole rings is 2. The molecule has 0 aliphatic carbocycles. The molecule has 1 saturated heterocycles. The average molecular weight is 361 g/mol. The molecule has 3 heterocycles. The Morgan fingerprint density at radius 1 is 1.04 bits per heavy atom. The number of hydrogen-bond donors (Lipinski definition) is 1. The van der Waals surface area contributed by atoms with Gasteiger partial charge < -0.3 is 4.74 Å². The summed E-state index contributed by atoms with van der Waals surface area (Å²) in [6.07, 6.45) is 2.22. The van der Waals surface area contributed by atoms with E-state index in [0.717, 1.165) is 50.9 Å². The first-order valence-electron chi connectivity index (χ1n) is 9.68. The van der Waals surface area contributed by atoms with Crippen LogP contribution >= 0.6 is 0 Å². The van der Waals surface area contributed by atoms with E-state index in [-0.39, 0.29) is 0 Å². The third kappa shape index (κ3) is 3.03. The third-order valence-corrected chi connectivity index (χ3v) is 5.53. The summed E-state index contributed by atoms with van der Waals surface area (Å²) in [6.45, 7) is 7.86. The molecule has 0 amide bonds. The van der Waals surface area contributed by atoms with Crippen molar-refractivity contribution in [3.05, 3.63) is 60.3 Å². The number of benzene rings is 2. The van der Waals surface area contributed by atoms with Crippen LogP contribution in [0.2, 0.25) is 0 Å². The summed E-state index contributed by atoms with van der Waals surface area (Å²) in [7, 11) is 0. The maximum atomic E-state index is 5.48. The monoisotopic (exact) mass is 361 g/mol. The highest BCUT2D eigenvalue weighted by Gasteiger charge is 2.22. The summed E-state index contributed by atoms with van der Waals surface area (Å²) < 4.78 is 10.2. The van der Waals surface area contributed by atoms with Crippen LogP contribution in [-0.4, -0.2) is 47.1 Å². The van der Waals surface area contributed by atoms with Crippen LogP contribution in [0, 0.1) is 6.92 Å².